The normalized spacial score (nSPS) is 46.1. The number of carbonyl (C=O) groups is 1. The zero-order valence-electron chi connectivity index (χ0n) is 17.0. The summed E-state index contributed by atoms with van der Waals surface area (Å²) in [5.74, 6) is 3.76. The molecule has 4 fully saturated rings. The average molecular weight is 366 g/mol. The third-order valence-electron chi connectivity index (χ3n) is 9.62. The minimum absolute atomic E-state index is 0.292. The molecule has 0 spiro atoms. The minimum Gasteiger partial charge on any atom is -0.353 e. The number of hydrogen-bond donors (Lipinski definition) is 1. The van der Waals surface area contributed by atoms with Crippen molar-refractivity contribution in [2.24, 2.45) is 34.5 Å². The molecule has 27 heavy (non-hydrogen) atoms. The first-order valence-corrected chi connectivity index (χ1v) is 11.3. The molecule has 2 nitrogen and oxygen atoms in total. The monoisotopic (exact) mass is 365 g/mol. The maximum atomic E-state index is 12.0. The van der Waals surface area contributed by atoms with Crippen molar-refractivity contribution >= 4 is 5.91 Å². The maximum absolute atomic E-state index is 12.0. The Morgan fingerprint density at radius 3 is 2.52 bits per heavy atom. The second-order valence-electron chi connectivity index (χ2n) is 10.6. The van der Waals surface area contributed by atoms with Crippen LogP contribution in [-0.4, -0.2) is 11.9 Å². The van der Waals surface area contributed by atoms with Gasteiger partial charge in [-0.05, 0) is 91.4 Å². The minimum atomic E-state index is 0.292. The SMILES string of the molecule is C[C@]12CCC(=O)NC1CC[C@@H]1[C@H]2CC[C@]2(C)C(Cc3ccccc3)CC[C@@H]12. The Hall–Kier alpha value is -1.31. The van der Waals surface area contributed by atoms with E-state index in [-0.39, 0.29) is 0 Å². The first kappa shape index (κ1) is 17.8. The number of piperidine rings is 1. The lowest BCUT2D eigenvalue weighted by molar-refractivity contribution is -0.136. The predicted molar refractivity (Wildman–Crippen MR) is 109 cm³/mol. The molecule has 1 aliphatic heterocycles. The van der Waals surface area contributed by atoms with Gasteiger partial charge in [-0.2, -0.15) is 0 Å². The van der Waals surface area contributed by atoms with Gasteiger partial charge in [0.1, 0.15) is 0 Å². The maximum Gasteiger partial charge on any atom is 0.220 e. The molecule has 3 aliphatic carbocycles. The third kappa shape index (κ3) is 2.69. The lowest BCUT2D eigenvalue weighted by Gasteiger charge is -2.60. The van der Waals surface area contributed by atoms with E-state index in [0.29, 0.717) is 22.8 Å². The van der Waals surface area contributed by atoms with E-state index in [1.165, 1.54) is 50.5 Å². The number of fused-ring (bicyclic) bond motifs is 5. The van der Waals surface area contributed by atoms with E-state index in [0.717, 1.165) is 36.5 Å². The molecule has 2 unspecified atom stereocenters. The fourth-order valence-electron chi connectivity index (χ4n) is 8.04. The van der Waals surface area contributed by atoms with Gasteiger partial charge in [0.2, 0.25) is 5.91 Å². The van der Waals surface area contributed by atoms with Crippen molar-refractivity contribution < 1.29 is 4.79 Å². The molecule has 0 radical (unpaired) electrons. The van der Waals surface area contributed by atoms with Gasteiger partial charge in [-0.15, -0.1) is 0 Å². The van der Waals surface area contributed by atoms with E-state index < -0.39 is 0 Å². The van der Waals surface area contributed by atoms with E-state index in [9.17, 15) is 4.79 Å². The van der Waals surface area contributed by atoms with Crippen LogP contribution in [0.4, 0.5) is 0 Å². The Labute approximate surface area is 164 Å². The highest BCUT2D eigenvalue weighted by molar-refractivity contribution is 5.77. The third-order valence-corrected chi connectivity index (χ3v) is 9.62. The van der Waals surface area contributed by atoms with E-state index in [1.807, 2.05) is 0 Å². The van der Waals surface area contributed by atoms with Crippen molar-refractivity contribution in [1.82, 2.24) is 5.32 Å². The van der Waals surface area contributed by atoms with Crippen molar-refractivity contribution in [3.63, 3.8) is 0 Å². The van der Waals surface area contributed by atoms with Gasteiger partial charge >= 0.3 is 0 Å². The van der Waals surface area contributed by atoms with Crippen LogP contribution in [0, 0.1) is 34.5 Å². The summed E-state index contributed by atoms with van der Waals surface area (Å²) in [6, 6.07) is 11.6. The van der Waals surface area contributed by atoms with Crippen molar-refractivity contribution in [3.8, 4) is 0 Å². The van der Waals surface area contributed by atoms with Gasteiger partial charge in [-0.25, -0.2) is 0 Å². The summed E-state index contributed by atoms with van der Waals surface area (Å²) in [4.78, 5) is 12.0. The van der Waals surface area contributed by atoms with Crippen molar-refractivity contribution in [2.75, 3.05) is 0 Å². The quantitative estimate of drug-likeness (QED) is 0.750. The molecule has 5 rings (SSSR count). The summed E-state index contributed by atoms with van der Waals surface area (Å²) >= 11 is 0. The van der Waals surface area contributed by atoms with Crippen LogP contribution in [0.25, 0.3) is 0 Å². The second kappa shape index (κ2) is 6.36. The van der Waals surface area contributed by atoms with Crippen LogP contribution >= 0.6 is 0 Å². The van der Waals surface area contributed by atoms with Gasteiger partial charge in [0.05, 0.1) is 0 Å². The summed E-state index contributed by atoms with van der Waals surface area (Å²) in [6.45, 7) is 5.14. The zero-order valence-corrected chi connectivity index (χ0v) is 17.0. The Balaban J connectivity index is 1.38. The van der Waals surface area contributed by atoms with Crippen molar-refractivity contribution in [3.05, 3.63) is 35.9 Å². The molecule has 1 aromatic carbocycles. The number of hydrogen-bond acceptors (Lipinski definition) is 1. The molecular weight excluding hydrogens is 330 g/mol. The van der Waals surface area contributed by atoms with Gasteiger partial charge in [-0.3, -0.25) is 4.79 Å². The summed E-state index contributed by atoms with van der Waals surface area (Å²) < 4.78 is 0. The molecule has 146 valence electrons. The fourth-order valence-corrected chi connectivity index (χ4v) is 8.04. The Bertz CT molecular complexity index is 714. The molecule has 4 aliphatic rings. The van der Waals surface area contributed by atoms with Gasteiger partial charge < -0.3 is 5.32 Å². The second-order valence-corrected chi connectivity index (χ2v) is 10.6. The van der Waals surface area contributed by atoms with Crippen molar-refractivity contribution in [1.29, 1.82) is 0 Å². The van der Waals surface area contributed by atoms with Crippen LogP contribution < -0.4 is 5.32 Å². The van der Waals surface area contributed by atoms with Crippen LogP contribution in [-0.2, 0) is 11.2 Å². The topological polar surface area (TPSA) is 29.1 Å². The van der Waals surface area contributed by atoms with Crippen LogP contribution in [0.5, 0.6) is 0 Å². The number of benzene rings is 1. The molecule has 0 bridgehead atoms. The predicted octanol–water partition coefficient (Wildman–Crippen LogP) is 5.37. The summed E-state index contributed by atoms with van der Waals surface area (Å²) in [6.07, 6.45) is 11.3. The molecule has 1 heterocycles. The Kier molecular flexibility index (Phi) is 4.18. The lowest BCUT2D eigenvalue weighted by atomic mass is 9.47. The van der Waals surface area contributed by atoms with Gasteiger partial charge in [-0.1, -0.05) is 44.2 Å². The van der Waals surface area contributed by atoms with Crippen LogP contribution in [0.15, 0.2) is 30.3 Å². The van der Waals surface area contributed by atoms with Gasteiger partial charge in [0, 0.05) is 12.5 Å². The first-order chi connectivity index (χ1) is 13.0. The highest BCUT2D eigenvalue weighted by Crippen LogP contribution is 2.65. The van der Waals surface area contributed by atoms with Crippen LogP contribution in [0.1, 0.15) is 70.8 Å². The number of carbonyl (C=O) groups excluding carboxylic acids is 1. The van der Waals surface area contributed by atoms with E-state index in [4.69, 9.17) is 0 Å². The molecule has 1 aromatic rings. The van der Waals surface area contributed by atoms with E-state index >= 15 is 0 Å². The lowest BCUT2D eigenvalue weighted by Crippen LogP contribution is -2.61. The average Bonchev–Trinajstić information content (AvgIpc) is 3.00. The Morgan fingerprint density at radius 1 is 0.926 bits per heavy atom. The molecule has 0 aromatic heterocycles. The standard InChI is InChI=1S/C25H35NO/c1-24-14-12-21-19(9-11-22-25(21,2)15-13-23(27)26-22)20(24)10-8-18(24)16-17-6-4-3-5-7-17/h3-7,18-22H,8-16H2,1-2H3,(H,26,27)/t18?,19-,20-,21+,22?,24+,25+/m0/s1. The molecule has 3 saturated carbocycles. The zero-order chi connectivity index (χ0) is 18.6. The number of rotatable bonds is 2. The fraction of sp³-hybridized carbons (Fsp3) is 0.720. The molecule has 1 N–H and O–H groups in total. The number of nitrogens with one attached hydrogen (secondary N) is 1. The largest absolute Gasteiger partial charge is 0.353 e. The highest BCUT2D eigenvalue weighted by atomic mass is 16.1. The summed E-state index contributed by atoms with van der Waals surface area (Å²) in [5, 5.41) is 3.36. The molecule has 2 heteroatoms. The summed E-state index contributed by atoms with van der Waals surface area (Å²) in [7, 11) is 0. The highest BCUT2D eigenvalue weighted by Gasteiger charge is 2.60. The smallest absolute Gasteiger partial charge is 0.220 e. The molecule has 1 saturated heterocycles. The first-order valence-electron chi connectivity index (χ1n) is 11.3. The Morgan fingerprint density at radius 2 is 1.70 bits per heavy atom. The van der Waals surface area contributed by atoms with Crippen LogP contribution in [0.3, 0.4) is 0 Å². The van der Waals surface area contributed by atoms with Gasteiger partial charge in [0.25, 0.3) is 0 Å². The van der Waals surface area contributed by atoms with Crippen molar-refractivity contribution in [2.45, 2.75) is 77.7 Å². The molecule has 1 amide bonds. The number of amides is 1. The molecule has 7 atom stereocenters. The van der Waals surface area contributed by atoms with E-state index in [2.05, 4.69) is 49.5 Å². The molecular formula is C25H35NO. The van der Waals surface area contributed by atoms with Crippen LogP contribution in [0.2, 0.25) is 0 Å². The summed E-state index contributed by atoms with van der Waals surface area (Å²) in [5.41, 5.74) is 2.39. The van der Waals surface area contributed by atoms with E-state index in [1.54, 1.807) is 0 Å². The van der Waals surface area contributed by atoms with Gasteiger partial charge in [0.15, 0.2) is 0 Å².